The van der Waals surface area contributed by atoms with Crippen LogP contribution in [0.3, 0.4) is 0 Å². The number of anilines is 3. The number of nitrogens with two attached hydrogens (primary N) is 3. The smallest absolute Gasteiger partial charge is 0.283 e. The molecule has 0 aliphatic heterocycles. The van der Waals surface area contributed by atoms with E-state index in [1.807, 2.05) is 30.3 Å². The highest BCUT2D eigenvalue weighted by Gasteiger charge is 2.23. The molecule has 0 aliphatic rings. The van der Waals surface area contributed by atoms with Crippen LogP contribution in [0.4, 0.5) is 17.3 Å². The largest absolute Gasteiger partial charge is 0.484 e. The van der Waals surface area contributed by atoms with Crippen LogP contribution in [0.2, 0.25) is 5.15 Å². The zero-order valence-corrected chi connectivity index (χ0v) is 20.2. The van der Waals surface area contributed by atoms with Gasteiger partial charge in [0.2, 0.25) is 0 Å². The maximum absolute atomic E-state index is 12.8. The van der Waals surface area contributed by atoms with Crippen molar-refractivity contribution in [1.82, 2.24) is 14.9 Å². The Hall–Kier alpha value is -4.38. The number of benzene rings is 2. The second-order valence-corrected chi connectivity index (χ2v) is 8.14. The van der Waals surface area contributed by atoms with E-state index in [9.17, 15) is 9.59 Å². The predicted octanol–water partition coefficient (Wildman–Crippen LogP) is 2.67. The molecule has 0 aliphatic carbocycles. The maximum atomic E-state index is 12.8. The summed E-state index contributed by atoms with van der Waals surface area (Å²) in [6.07, 6.45) is 2.02. The van der Waals surface area contributed by atoms with E-state index in [0.717, 1.165) is 23.3 Å². The van der Waals surface area contributed by atoms with Crippen LogP contribution < -0.4 is 27.3 Å². The van der Waals surface area contributed by atoms with E-state index in [0.29, 0.717) is 17.9 Å². The maximum Gasteiger partial charge on any atom is 0.283 e. The molecule has 11 nitrogen and oxygen atoms in total. The topological polar surface area (TPSA) is 186 Å². The van der Waals surface area contributed by atoms with Gasteiger partial charge in [0.15, 0.2) is 35.0 Å². The Labute approximate surface area is 213 Å². The number of unbranched alkanes of at least 4 members (excludes halogenated alkanes) is 1. The van der Waals surface area contributed by atoms with Crippen molar-refractivity contribution in [3.05, 3.63) is 71.0 Å². The Kier molecular flexibility index (Phi) is 9.01. The lowest BCUT2D eigenvalue weighted by atomic mass is 10.1. The number of aromatic nitrogens is 2. The number of nitrogens with zero attached hydrogens (tertiary/aromatic N) is 3. The number of amides is 2. The van der Waals surface area contributed by atoms with E-state index in [4.69, 9.17) is 38.9 Å². The van der Waals surface area contributed by atoms with E-state index in [-0.39, 0.29) is 41.5 Å². The molecular formula is C24H27ClN8O3. The van der Waals surface area contributed by atoms with Gasteiger partial charge in [0.1, 0.15) is 5.75 Å². The fourth-order valence-electron chi connectivity index (χ4n) is 3.28. The number of nitrogens with one attached hydrogen (secondary N) is 2. The van der Waals surface area contributed by atoms with Crippen LogP contribution in [0.25, 0.3) is 0 Å². The normalized spacial score (nSPS) is 10.5. The molecule has 12 heteroatoms. The molecule has 0 unspecified atom stereocenters. The predicted molar refractivity (Wildman–Crippen MR) is 139 cm³/mol. The fraction of sp³-hybridized carbons (Fsp3) is 0.208. The van der Waals surface area contributed by atoms with Gasteiger partial charge in [0.05, 0.1) is 0 Å². The summed E-state index contributed by atoms with van der Waals surface area (Å²) in [5.41, 5.74) is 18.4. The van der Waals surface area contributed by atoms with Gasteiger partial charge in [-0.25, -0.2) is 9.97 Å². The lowest BCUT2D eigenvalue weighted by Crippen LogP contribution is -2.42. The van der Waals surface area contributed by atoms with E-state index in [1.165, 1.54) is 0 Å². The highest BCUT2D eigenvalue weighted by Crippen LogP contribution is 2.19. The quantitative estimate of drug-likeness (QED) is 0.156. The van der Waals surface area contributed by atoms with Gasteiger partial charge in [-0.3, -0.25) is 19.9 Å². The minimum absolute atomic E-state index is 0.0908. The molecule has 188 valence electrons. The van der Waals surface area contributed by atoms with Crippen LogP contribution in [0.1, 0.15) is 28.9 Å². The zero-order valence-electron chi connectivity index (χ0n) is 19.4. The summed E-state index contributed by atoms with van der Waals surface area (Å²) >= 11 is 5.85. The Bertz CT molecular complexity index is 1220. The van der Waals surface area contributed by atoms with E-state index in [2.05, 4.69) is 15.3 Å². The Balaban J connectivity index is 1.45. The number of nitrogen functional groups attached to an aromatic ring is 2. The highest BCUT2D eigenvalue weighted by molar-refractivity contribution is 6.31. The molecule has 8 N–H and O–H groups in total. The molecule has 0 saturated carbocycles. The van der Waals surface area contributed by atoms with Crippen molar-refractivity contribution in [2.45, 2.75) is 19.3 Å². The lowest BCUT2D eigenvalue weighted by Gasteiger charge is -2.20. The molecule has 3 rings (SSSR count). The van der Waals surface area contributed by atoms with Crippen LogP contribution in [-0.4, -0.2) is 45.8 Å². The van der Waals surface area contributed by atoms with Crippen LogP contribution in [0.5, 0.6) is 5.75 Å². The Morgan fingerprint density at radius 3 is 2.36 bits per heavy atom. The third-order valence-electron chi connectivity index (χ3n) is 5.09. The molecule has 3 aromatic rings. The van der Waals surface area contributed by atoms with E-state index < -0.39 is 11.9 Å². The van der Waals surface area contributed by atoms with Gasteiger partial charge in [-0.15, -0.1) is 0 Å². The number of carbonyl (C=O) groups is 2. The van der Waals surface area contributed by atoms with Gasteiger partial charge in [-0.1, -0.05) is 41.9 Å². The molecule has 0 fully saturated rings. The summed E-state index contributed by atoms with van der Waals surface area (Å²) in [6, 6.07) is 16.6. The number of hydrogen-bond acceptors (Lipinski definition) is 8. The molecule has 1 heterocycles. The van der Waals surface area contributed by atoms with Crippen molar-refractivity contribution in [2.75, 3.05) is 29.9 Å². The number of aryl methyl sites for hydroxylation is 1. The second-order valence-electron chi connectivity index (χ2n) is 7.78. The number of carbonyl (C=O) groups excluding carboxylic acids is 2. The summed E-state index contributed by atoms with van der Waals surface area (Å²) in [5, 5.41) is 10.4. The number of para-hydroxylation sites is 1. The van der Waals surface area contributed by atoms with Crippen molar-refractivity contribution in [3.63, 3.8) is 0 Å². The highest BCUT2D eigenvalue weighted by atomic mass is 35.5. The summed E-state index contributed by atoms with van der Waals surface area (Å²) in [4.78, 5) is 33.5. The number of hydrogen-bond donors (Lipinski definition) is 5. The van der Waals surface area contributed by atoms with Gasteiger partial charge in [0, 0.05) is 12.2 Å². The van der Waals surface area contributed by atoms with Crippen LogP contribution in [0, 0.1) is 5.41 Å². The molecule has 36 heavy (non-hydrogen) atoms. The van der Waals surface area contributed by atoms with Crippen molar-refractivity contribution in [2.24, 2.45) is 5.73 Å². The van der Waals surface area contributed by atoms with Crippen molar-refractivity contribution in [1.29, 1.82) is 5.41 Å². The minimum Gasteiger partial charge on any atom is -0.484 e. The molecule has 2 aromatic carbocycles. The van der Waals surface area contributed by atoms with E-state index in [1.54, 1.807) is 24.3 Å². The molecule has 2 amide bonds. The number of halogens is 1. The summed E-state index contributed by atoms with van der Waals surface area (Å²) in [7, 11) is 0. The van der Waals surface area contributed by atoms with Gasteiger partial charge < -0.3 is 27.3 Å². The van der Waals surface area contributed by atoms with Gasteiger partial charge in [0.25, 0.3) is 11.8 Å². The molecular weight excluding hydrogens is 484 g/mol. The average Bonchev–Trinajstić information content (AvgIpc) is 2.85. The van der Waals surface area contributed by atoms with Gasteiger partial charge in [-0.05, 0) is 49.1 Å². The first-order chi connectivity index (χ1) is 17.2. The molecule has 0 bridgehead atoms. The van der Waals surface area contributed by atoms with Crippen molar-refractivity contribution < 1.29 is 14.3 Å². The standard InChI is InChI=1S/C24H27ClN8O3/c25-20-22(27)32-21(26)19(31-20)23(35)33(24(28)29)13-5-4-6-15-9-11-17(12-10-15)36-14-18(34)30-16-7-2-1-3-8-16/h1-3,7-12H,4-6,13-14H2,(H3,28,29)(H,30,34)(H4,26,27,32). The summed E-state index contributed by atoms with van der Waals surface area (Å²) in [5.74, 6) is -1.06. The number of rotatable bonds is 10. The molecule has 0 saturated heterocycles. The SMILES string of the molecule is N=C(N)N(CCCCc1ccc(OCC(=O)Nc2ccccc2)cc1)C(=O)c1nc(Cl)c(N)nc1N. The fourth-order valence-corrected chi connectivity index (χ4v) is 3.40. The van der Waals surface area contributed by atoms with Crippen molar-refractivity contribution >= 4 is 46.7 Å². The molecule has 0 spiro atoms. The first kappa shape index (κ1) is 26.2. The third-order valence-corrected chi connectivity index (χ3v) is 5.37. The number of ether oxygens (including phenoxy) is 1. The first-order valence-corrected chi connectivity index (χ1v) is 11.4. The minimum atomic E-state index is -0.674. The first-order valence-electron chi connectivity index (χ1n) is 11.1. The van der Waals surface area contributed by atoms with Crippen molar-refractivity contribution in [3.8, 4) is 5.75 Å². The summed E-state index contributed by atoms with van der Waals surface area (Å²) in [6.45, 7) is 0.0895. The molecule has 0 atom stereocenters. The average molecular weight is 511 g/mol. The molecule has 1 aromatic heterocycles. The third kappa shape index (κ3) is 7.31. The Morgan fingerprint density at radius 2 is 1.69 bits per heavy atom. The van der Waals surface area contributed by atoms with Gasteiger partial charge in [-0.2, -0.15) is 0 Å². The Morgan fingerprint density at radius 1 is 1.00 bits per heavy atom. The van der Waals surface area contributed by atoms with Gasteiger partial charge >= 0.3 is 0 Å². The summed E-state index contributed by atoms with van der Waals surface area (Å²) < 4.78 is 5.54. The monoisotopic (exact) mass is 510 g/mol. The zero-order chi connectivity index (χ0) is 26.1. The van der Waals surface area contributed by atoms with E-state index >= 15 is 0 Å². The van der Waals surface area contributed by atoms with Crippen LogP contribution in [-0.2, 0) is 11.2 Å². The van der Waals surface area contributed by atoms with Crippen LogP contribution >= 0.6 is 11.6 Å². The number of guanidine groups is 1. The lowest BCUT2D eigenvalue weighted by molar-refractivity contribution is -0.118. The van der Waals surface area contributed by atoms with Crippen LogP contribution in [0.15, 0.2) is 54.6 Å². The molecule has 0 radical (unpaired) electrons. The second kappa shape index (κ2) is 12.4.